The molecule has 1 heterocycles. The van der Waals surface area contributed by atoms with Crippen molar-refractivity contribution in [3.05, 3.63) is 53.9 Å². The number of hydrogen-bond donors (Lipinski definition) is 0. The van der Waals surface area contributed by atoms with Gasteiger partial charge in [0.15, 0.2) is 5.78 Å². The van der Waals surface area contributed by atoms with Gasteiger partial charge in [-0.05, 0) is 69.4 Å². The van der Waals surface area contributed by atoms with Crippen LogP contribution in [0.2, 0.25) is 0 Å². The number of pyridine rings is 1. The lowest BCUT2D eigenvalue weighted by Gasteiger charge is -2.33. The Labute approximate surface area is 168 Å². The summed E-state index contributed by atoms with van der Waals surface area (Å²) < 4.78 is 5.24. The van der Waals surface area contributed by atoms with Crippen molar-refractivity contribution in [1.29, 1.82) is 0 Å². The van der Waals surface area contributed by atoms with Crippen LogP contribution in [0.15, 0.2) is 42.6 Å². The second kappa shape index (κ2) is 9.81. The van der Waals surface area contributed by atoms with Gasteiger partial charge in [0.2, 0.25) is 0 Å². The van der Waals surface area contributed by atoms with Gasteiger partial charge < -0.3 is 4.74 Å². The largest absolute Gasteiger partial charge is 0.465 e. The maximum Gasteiger partial charge on any atom is 0.316 e. The first-order valence-corrected chi connectivity index (χ1v) is 10.5. The number of esters is 1. The molecule has 1 aromatic rings. The van der Waals surface area contributed by atoms with Crippen molar-refractivity contribution in [2.24, 2.45) is 23.7 Å². The zero-order valence-electron chi connectivity index (χ0n) is 17.0. The summed E-state index contributed by atoms with van der Waals surface area (Å²) in [5, 5.41) is 0. The molecule has 4 nitrogen and oxygen atoms in total. The van der Waals surface area contributed by atoms with Gasteiger partial charge in [0, 0.05) is 24.2 Å². The maximum atomic E-state index is 13.3. The van der Waals surface area contributed by atoms with Crippen LogP contribution in [0.1, 0.15) is 50.3 Å². The molecule has 0 N–H and O–H groups in total. The first kappa shape index (κ1) is 20.5. The highest BCUT2D eigenvalue weighted by molar-refractivity contribution is 6.00. The molecule has 0 saturated heterocycles. The van der Waals surface area contributed by atoms with Gasteiger partial charge in [0.25, 0.3) is 0 Å². The van der Waals surface area contributed by atoms with E-state index < -0.39 is 11.9 Å². The number of nitrogens with zero attached hydrogens (tertiary/aromatic N) is 1. The molecule has 4 heteroatoms. The first-order chi connectivity index (χ1) is 13.6. The van der Waals surface area contributed by atoms with Crippen molar-refractivity contribution in [1.82, 2.24) is 4.98 Å². The Morgan fingerprint density at radius 1 is 1.21 bits per heavy atom. The third-order valence-corrected chi connectivity index (χ3v) is 6.22. The molecule has 0 spiro atoms. The minimum Gasteiger partial charge on any atom is -0.465 e. The molecule has 3 rings (SSSR count). The molecule has 0 radical (unpaired) electrons. The lowest BCUT2D eigenvalue weighted by molar-refractivity contribution is -0.153. The molecule has 28 heavy (non-hydrogen) atoms. The molecule has 0 aliphatic heterocycles. The summed E-state index contributed by atoms with van der Waals surface area (Å²) in [7, 11) is 0. The van der Waals surface area contributed by atoms with Crippen molar-refractivity contribution in [2.45, 2.75) is 52.4 Å². The van der Waals surface area contributed by atoms with Gasteiger partial charge >= 0.3 is 5.97 Å². The van der Waals surface area contributed by atoms with Gasteiger partial charge in [0.05, 0.1) is 6.61 Å². The second-order valence-corrected chi connectivity index (χ2v) is 8.00. The molecule has 0 bridgehead atoms. The molecule has 2 atom stereocenters. The van der Waals surface area contributed by atoms with E-state index in [1.165, 1.54) is 0 Å². The Bertz CT molecular complexity index is 744. The first-order valence-electron chi connectivity index (χ1n) is 10.5. The van der Waals surface area contributed by atoms with E-state index in [4.69, 9.17) is 4.74 Å². The average Bonchev–Trinajstić information content (AvgIpc) is 2.73. The van der Waals surface area contributed by atoms with Crippen LogP contribution >= 0.6 is 0 Å². The fourth-order valence-corrected chi connectivity index (χ4v) is 4.53. The second-order valence-electron chi connectivity index (χ2n) is 8.00. The number of carbonyl (C=O) groups excluding carboxylic acids is 2. The standard InChI is InChI=1S/C24H31NO3/c1-3-28-24(27)21(16-22-17(2)8-7-15-25-22)23(26)20-13-11-19(12-14-20)18-9-5-4-6-10-18/h4-9,15,18-21H,3,10-14,16H2,1-2H3/t18?,19-,20-,21?. The lowest BCUT2D eigenvalue weighted by atomic mass is 9.71. The topological polar surface area (TPSA) is 56.3 Å². The Balaban J connectivity index is 1.66. The number of aryl methyl sites for hydroxylation is 1. The summed E-state index contributed by atoms with van der Waals surface area (Å²) in [6.45, 7) is 4.03. The number of ether oxygens (including phenoxy) is 1. The minimum atomic E-state index is -0.743. The smallest absolute Gasteiger partial charge is 0.316 e. The van der Waals surface area contributed by atoms with Crippen LogP contribution in [-0.4, -0.2) is 23.3 Å². The summed E-state index contributed by atoms with van der Waals surface area (Å²) >= 11 is 0. The van der Waals surface area contributed by atoms with Crippen LogP contribution in [0.5, 0.6) is 0 Å². The van der Waals surface area contributed by atoms with E-state index in [2.05, 4.69) is 29.3 Å². The van der Waals surface area contributed by atoms with E-state index in [9.17, 15) is 9.59 Å². The van der Waals surface area contributed by atoms with E-state index in [1.54, 1.807) is 13.1 Å². The third-order valence-electron chi connectivity index (χ3n) is 6.22. The molecule has 0 aromatic carbocycles. The summed E-state index contributed by atoms with van der Waals surface area (Å²) in [4.78, 5) is 30.2. The SMILES string of the molecule is CCOC(=O)C(Cc1ncccc1C)C(=O)[C@H]1CC[C@H](C2C=CC=CC2)CC1. The van der Waals surface area contributed by atoms with E-state index in [0.29, 0.717) is 18.3 Å². The van der Waals surface area contributed by atoms with Crippen LogP contribution in [0, 0.1) is 30.6 Å². The number of allylic oxidation sites excluding steroid dienone is 4. The number of carbonyl (C=O) groups is 2. The predicted octanol–water partition coefficient (Wildman–Crippen LogP) is 4.62. The number of ketones is 1. The van der Waals surface area contributed by atoms with Crippen LogP contribution in [0.3, 0.4) is 0 Å². The molecule has 1 fully saturated rings. The predicted molar refractivity (Wildman–Crippen MR) is 110 cm³/mol. The summed E-state index contributed by atoms with van der Waals surface area (Å²) in [5.41, 5.74) is 1.81. The highest BCUT2D eigenvalue weighted by atomic mass is 16.5. The highest BCUT2D eigenvalue weighted by Crippen LogP contribution is 2.38. The van der Waals surface area contributed by atoms with E-state index >= 15 is 0 Å². The Kier molecular flexibility index (Phi) is 7.18. The van der Waals surface area contributed by atoms with Crippen molar-refractivity contribution >= 4 is 11.8 Å². The van der Waals surface area contributed by atoms with Gasteiger partial charge in [-0.3, -0.25) is 14.6 Å². The summed E-state index contributed by atoms with van der Waals surface area (Å²) in [5.74, 6) is 0.0915. The van der Waals surface area contributed by atoms with Crippen molar-refractivity contribution in [3.8, 4) is 0 Å². The molecule has 1 saturated carbocycles. The third kappa shape index (κ3) is 4.98. The fraction of sp³-hybridized carbons (Fsp3) is 0.542. The zero-order chi connectivity index (χ0) is 19.9. The number of Topliss-reactive ketones (excluding diaryl/α,β-unsaturated/α-hetero) is 1. The molecule has 0 amide bonds. The number of rotatable bonds is 7. The van der Waals surface area contributed by atoms with E-state index in [-0.39, 0.29) is 18.3 Å². The zero-order valence-corrected chi connectivity index (χ0v) is 17.0. The minimum absolute atomic E-state index is 0.0426. The highest BCUT2D eigenvalue weighted by Gasteiger charge is 2.37. The van der Waals surface area contributed by atoms with Crippen LogP contribution < -0.4 is 0 Å². The van der Waals surface area contributed by atoms with Crippen LogP contribution in [0.4, 0.5) is 0 Å². The van der Waals surface area contributed by atoms with Crippen molar-refractivity contribution in [3.63, 3.8) is 0 Å². The monoisotopic (exact) mass is 381 g/mol. The van der Waals surface area contributed by atoms with E-state index in [1.807, 2.05) is 19.1 Å². The molecule has 2 aliphatic rings. The van der Waals surface area contributed by atoms with Gasteiger partial charge in [0.1, 0.15) is 5.92 Å². The molecular formula is C24H31NO3. The Morgan fingerprint density at radius 3 is 2.64 bits per heavy atom. The van der Waals surface area contributed by atoms with Crippen molar-refractivity contribution < 1.29 is 14.3 Å². The number of aromatic nitrogens is 1. The van der Waals surface area contributed by atoms with Crippen molar-refractivity contribution in [2.75, 3.05) is 6.61 Å². The van der Waals surface area contributed by atoms with Crippen LogP contribution in [-0.2, 0) is 20.7 Å². The normalized spacial score (nSPS) is 25.3. The quantitative estimate of drug-likeness (QED) is 0.511. The van der Waals surface area contributed by atoms with Gasteiger partial charge in [-0.2, -0.15) is 0 Å². The van der Waals surface area contributed by atoms with Gasteiger partial charge in [-0.25, -0.2) is 0 Å². The average molecular weight is 382 g/mol. The lowest BCUT2D eigenvalue weighted by Crippen LogP contribution is -2.35. The van der Waals surface area contributed by atoms with E-state index in [0.717, 1.165) is 43.4 Å². The van der Waals surface area contributed by atoms with Gasteiger partial charge in [-0.1, -0.05) is 30.4 Å². The summed E-state index contributed by atoms with van der Waals surface area (Å²) in [6, 6.07) is 3.84. The Hall–Kier alpha value is -2.23. The van der Waals surface area contributed by atoms with Gasteiger partial charge in [-0.15, -0.1) is 0 Å². The maximum absolute atomic E-state index is 13.3. The number of hydrogen-bond acceptors (Lipinski definition) is 4. The molecule has 150 valence electrons. The molecular weight excluding hydrogens is 350 g/mol. The molecule has 2 unspecified atom stereocenters. The Morgan fingerprint density at radius 2 is 2.00 bits per heavy atom. The molecule has 1 aromatic heterocycles. The summed E-state index contributed by atoms with van der Waals surface area (Å²) in [6.07, 6.45) is 15.8. The molecule has 2 aliphatic carbocycles. The fourth-order valence-electron chi connectivity index (χ4n) is 4.53. The van der Waals surface area contributed by atoms with Crippen LogP contribution in [0.25, 0.3) is 0 Å².